The van der Waals surface area contributed by atoms with Crippen molar-refractivity contribution in [2.45, 2.75) is 25.3 Å². The zero-order valence-corrected chi connectivity index (χ0v) is 25.8. The van der Waals surface area contributed by atoms with Crippen molar-refractivity contribution in [1.82, 2.24) is 4.40 Å². The van der Waals surface area contributed by atoms with E-state index >= 15 is 0 Å². The standard InChI is InChI=1S/C41H29N3S/c1-41(2)30-14-5-3-10-25(30)26-13-9-12-24(39(26)41)23-18-19-34-29(20-23)38-37-27-11-4-8-17-35(27)45-36(37)21-28-33(22-44(34)40(28)38)43-32-16-7-6-15-31(32)42/h3-22,32,42-43H,1-2H3. The molecule has 0 saturated carbocycles. The molecule has 0 spiro atoms. The molecule has 214 valence electrons. The number of hydrogen-bond donors (Lipinski definition) is 2. The number of thiophene rings is 1. The van der Waals surface area contributed by atoms with Crippen LogP contribution in [0.1, 0.15) is 25.0 Å². The molecule has 8 aromatic rings. The molecule has 0 fully saturated rings. The van der Waals surface area contributed by atoms with Gasteiger partial charge >= 0.3 is 0 Å². The van der Waals surface area contributed by atoms with Crippen molar-refractivity contribution in [1.29, 1.82) is 5.41 Å². The smallest absolute Gasteiger partial charge is 0.0866 e. The lowest BCUT2D eigenvalue weighted by molar-refractivity contribution is 0.662. The minimum absolute atomic E-state index is 0.0826. The van der Waals surface area contributed by atoms with Crippen LogP contribution in [-0.2, 0) is 5.41 Å². The van der Waals surface area contributed by atoms with Crippen LogP contribution >= 0.6 is 11.3 Å². The molecule has 3 heterocycles. The molecule has 4 heteroatoms. The zero-order chi connectivity index (χ0) is 30.0. The predicted octanol–water partition coefficient (Wildman–Crippen LogP) is 11.0. The third-order valence-corrected chi connectivity index (χ3v) is 11.3. The number of allylic oxidation sites excluding steroid dienone is 2. The van der Waals surface area contributed by atoms with Crippen LogP contribution in [0.3, 0.4) is 0 Å². The number of hydrogen-bond acceptors (Lipinski definition) is 3. The van der Waals surface area contributed by atoms with Gasteiger partial charge in [0.2, 0.25) is 0 Å². The highest BCUT2D eigenvalue weighted by molar-refractivity contribution is 7.26. The zero-order valence-electron chi connectivity index (χ0n) is 25.0. The topological polar surface area (TPSA) is 40.3 Å². The Balaban J connectivity index is 1.27. The first-order chi connectivity index (χ1) is 22.0. The number of nitrogens with one attached hydrogen (secondary N) is 2. The second kappa shape index (κ2) is 8.71. The van der Waals surface area contributed by atoms with E-state index in [2.05, 4.69) is 127 Å². The molecule has 0 aliphatic heterocycles. The van der Waals surface area contributed by atoms with Crippen LogP contribution in [0.4, 0.5) is 5.69 Å². The fourth-order valence-corrected chi connectivity index (χ4v) is 9.35. The van der Waals surface area contributed by atoms with Gasteiger partial charge in [-0.1, -0.05) is 98.8 Å². The third kappa shape index (κ3) is 3.27. The Labute approximate surface area is 264 Å². The summed E-state index contributed by atoms with van der Waals surface area (Å²) >= 11 is 1.87. The number of benzene rings is 5. The van der Waals surface area contributed by atoms with Gasteiger partial charge in [-0.2, -0.15) is 0 Å². The lowest BCUT2D eigenvalue weighted by atomic mass is 9.79. The molecule has 2 aliphatic carbocycles. The SMILES string of the molecule is CC1(C)c2ccccc2-c2cccc(-c3ccc4c(c3)c3c5c(cc6c(NC7C=CC=CC7=N)cn4c63)sc3ccccc35)c21. The maximum absolute atomic E-state index is 8.51. The minimum Gasteiger partial charge on any atom is -0.372 e. The Hall–Kier alpha value is -5.19. The lowest BCUT2D eigenvalue weighted by Gasteiger charge is -2.24. The van der Waals surface area contributed by atoms with Gasteiger partial charge in [0, 0.05) is 47.9 Å². The maximum atomic E-state index is 8.51. The largest absolute Gasteiger partial charge is 0.372 e. The van der Waals surface area contributed by atoms with Crippen molar-refractivity contribution < 1.29 is 0 Å². The first kappa shape index (κ1) is 25.2. The molecule has 45 heavy (non-hydrogen) atoms. The maximum Gasteiger partial charge on any atom is 0.0866 e. The summed E-state index contributed by atoms with van der Waals surface area (Å²) in [6.45, 7) is 4.74. The Morgan fingerprint density at radius 2 is 1.58 bits per heavy atom. The van der Waals surface area contributed by atoms with Gasteiger partial charge in [0.15, 0.2) is 0 Å². The molecule has 3 nitrogen and oxygen atoms in total. The van der Waals surface area contributed by atoms with Crippen LogP contribution in [-0.4, -0.2) is 16.2 Å². The predicted molar refractivity (Wildman–Crippen MR) is 193 cm³/mol. The molecular weight excluding hydrogens is 567 g/mol. The summed E-state index contributed by atoms with van der Waals surface area (Å²) in [7, 11) is 0. The molecule has 0 radical (unpaired) electrons. The molecule has 3 aromatic heterocycles. The van der Waals surface area contributed by atoms with Crippen molar-refractivity contribution >= 4 is 70.1 Å². The molecule has 1 unspecified atom stereocenters. The summed E-state index contributed by atoms with van der Waals surface area (Å²) in [6.07, 6.45) is 10.1. The van der Waals surface area contributed by atoms with Crippen molar-refractivity contribution in [3.63, 3.8) is 0 Å². The quantitative estimate of drug-likeness (QED) is 0.210. The summed E-state index contributed by atoms with van der Waals surface area (Å²) in [4.78, 5) is 0. The van der Waals surface area contributed by atoms with Crippen molar-refractivity contribution in [2.75, 3.05) is 5.32 Å². The molecule has 1 atom stereocenters. The minimum atomic E-state index is -0.149. The fraction of sp³-hybridized carbons (Fsp3) is 0.0976. The fourth-order valence-electron chi connectivity index (χ4n) is 8.20. The van der Waals surface area contributed by atoms with E-state index in [1.807, 2.05) is 29.6 Å². The van der Waals surface area contributed by atoms with Crippen LogP contribution in [0.5, 0.6) is 0 Å². The Morgan fingerprint density at radius 3 is 2.49 bits per heavy atom. The third-order valence-electron chi connectivity index (χ3n) is 10.2. The second-order valence-electron chi connectivity index (χ2n) is 13.0. The summed E-state index contributed by atoms with van der Waals surface area (Å²) in [5, 5.41) is 18.7. The van der Waals surface area contributed by atoms with E-state index in [0.29, 0.717) is 5.71 Å². The lowest BCUT2D eigenvalue weighted by Crippen LogP contribution is -2.26. The number of rotatable bonds is 3. The average Bonchev–Trinajstić information content (AvgIpc) is 3.77. The number of fused-ring (bicyclic) bond motifs is 10. The van der Waals surface area contributed by atoms with Gasteiger partial charge in [0.25, 0.3) is 0 Å². The molecule has 0 saturated heterocycles. The molecule has 2 aliphatic rings. The van der Waals surface area contributed by atoms with Crippen LogP contribution in [0, 0.1) is 5.41 Å². The molecule has 5 aromatic carbocycles. The average molecular weight is 596 g/mol. The van der Waals surface area contributed by atoms with E-state index in [-0.39, 0.29) is 11.5 Å². The molecule has 0 bridgehead atoms. The highest BCUT2D eigenvalue weighted by Crippen LogP contribution is 2.53. The molecular formula is C41H29N3S. The number of anilines is 1. The van der Waals surface area contributed by atoms with Gasteiger partial charge < -0.3 is 15.1 Å². The Kier molecular flexibility index (Phi) is 4.87. The second-order valence-corrected chi connectivity index (χ2v) is 14.1. The van der Waals surface area contributed by atoms with E-state index in [4.69, 9.17) is 5.41 Å². The highest BCUT2D eigenvalue weighted by Gasteiger charge is 2.37. The molecule has 0 amide bonds. The Bertz CT molecular complexity index is 2630. The monoisotopic (exact) mass is 595 g/mol. The summed E-state index contributed by atoms with van der Waals surface area (Å²) < 4.78 is 4.98. The number of aromatic nitrogens is 1. The van der Waals surface area contributed by atoms with E-state index in [9.17, 15) is 0 Å². The van der Waals surface area contributed by atoms with Crippen LogP contribution in [0.25, 0.3) is 69.6 Å². The van der Waals surface area contributed by atoms with E-state index in [1.165, 1.54) is 80.7 Å². The molecule has 10 rings (SSSR count). The van der Waals surface area contributed by atoms with E-state index in [0.717, 1.165) is 5.69 Å². The summed E-state index contributed by atoms with van der Waals surface area (Å²) in [5.41, 5.74) is 12.1. The first-order valence-electron chi connectivity index (χ1n) is 15.6. The van der Waals surface area contributed by atoms with Crippen LogP contribution in [0.15, 0.2) is 121 Å². The van der Waals surface area contributed by atoms with Gasteiger partial charge in [0.1, 0.15) is 0 Å². The van der Waals surface area contributed by atoms with E-state index in [1.54, 1.807) is 0 Å². The number of nitrogens with zero attached hydrogens (tertiary/aromatic N) is 1. The van der Waals surface area contributed by atoms with Gasteiger partial charge in [0.05, 0.1) is 28.5 Å². The van der Waals surface area contributed by atoms with Crippen LogP contribution in [0.2, 0.25) is 0 Å². The van der Waals surface area contributed by atoms with Crippen molar-refractivity contribution in [3.8, 4) is 22.3 Å². The normalized spacial score (nSPS) is 16.9. The Morgan fingerprint density at radius 1 is 0.756 bits per heavy atom. The van der Waals surface area contributed by atoms with Crippen LogP contribution < -0.4 is 5.32 Å². The summed E-state index contributed by atoms with van der Waals surface area (Å²) in [5.74, 6) is 0. The van der Waals surface area contributed by atoms with Gasteiger partial charge in [-0.15, -0.1) is 11.3 Å². The van der Waals surface area contributed by atoms with Gasteiger partial charge in [-0.05, 0) is 63.7 Å². The van der Waals surface area contributed by atoms with Gasteiger partial charge in [-0.25, -0.2) is 0 Å². The first-order valence-corrected chi connectivity index (χ1v) is 16.4. The van der Waals surface area contributed by atoms with E-state index < -0.39 is 0 Å². The van der Waals surface area contributed by atoms with Gasteiger partial charge in [-0.3, -0.25) is 0 Å². The van der Waals surface area contributed by atoms with Crippen molar-refractivity contribution in [3.05, 3.63) is 133 Å². The summed E-state index contributed by atoms with van der Waals surface area (Å²) in [6, 6.07) is 33.8. The van der Waals surface area contributed by atoms with Crippen molar-refractivity contribution in [2.24, 2.45) is 0 Å². The highest BCUT2D eigenvalue weighted by atomic mass is 32.1. The molecule has 2 N–H and O–H groups in total.